The van der Waals surface area contributed by atoms with E-state index in [1.54, 1.807) is 0 Å². The van der Waals surface area contributed by atoms with E-state index in [9.17, 15) is 0 Å². The first-order valence-corrected chi connectivity index (χ1v) is 6.37. The maximum atomic E-state index is 4.49. The van der Waals surface area contributed by atoms with Gasteiger partial charge in [0.1, 0.15) is 0 Å². The lowest BCUT2D eigenvalue weighted by molar-refractivity contribution is 0.598. The van der Waals surface area contributed by atoms with Gasteiger partial charge in [0.25, 0.3) is 0 Å². The molecular weight excluding hydrogens is 262 g/mol. The average molecular weight is 284 g/mol. The number of nitrogens with one attached hydrogen (secondary N) is 1. The summed E-state index contributed by atoms with van der Waals surface area (Å²) in [5.74, 6) is 0.945. The molecule has 0 atom stereocenters. The SMILES string of the molecule is CCCn1cc(CNc2nn(C)cc2C)c(C)n1.Cl. The van der Waals surface area contributed by atoms with Gasteiger partial charge in [0, 0.05) is 43.7 Å². The molecule has 0 saturated carbocycles. The second-order valence-corrected chi connectivity index (χ2v) is 4.69. The fraction of sp³-hybridized carbons (Fsp3) is 0.538. The van der Waals surface area contributed by atoms with Gasteiger partial charge in [-0.1, -0.05) is 6.92 Å². The van der Waals surface area contributed by atoms with Gasteiger partial charge < -0.3 is 5.32 Å². The molecule has 6 heteroatoms. The van der Waals surface area contributed by atoms with Crippen LogP contribution < -0.4 is 5.32 Å². The lowest BCUT2D eigenvalue weighted by atomic mass is 10.2. The highest BCUT2D eigenvalue weighted by atomic mass is 35.5. The van der Waals surface area contributed by atoms with Crippen LogP contribution in [-0.2, 0) is 20.1 Å². The Bertz CT molecular complexity index is 529. The highest BCUT2D eigenvalue weighted by molar-refractivity contribution is 5.85. The number of rotatable bonds is 5. The number of anilines is 1. The maximum Gasteiger partial charge on any atom is 0.151 e. The van der Waals surface area contributed by atoms with Crippen LogP contribution in [-0.4, -0.2) is 19.6 Å². The molecular formula is C13H22ClN5. The van der Waals surface area contributed by atoms with Crippen LogP contribution in [0.4, 0.5) is 5.82 Å². The Morgan fingerprint density at radius 1 is 1.21 bits per heavy atom. The van der Waals surface area contributed by atoms with Gasteiger partial charge in [-0.15, -0.1) is 12.4 Å². The molecule has 0 saturated heterocycles. The third kappa shape index (κ3) is 3.73. The molecule has 0 fully saturated rings. The zero-order chi connectivity index (χ0) is 13.1. The number of hydrogen-bond acceptors (Lipinski definition) is 3. The molecule has 2 aromatic heterocycles. The molecule has 19 heavy (non-hydrogen) atoms. The first kappa shape index (κ1) is 15.6. The lowest BCUT2D eigenvalue weighted by Crippen LogP contribution is -2.02. The fourth-order valence-corrected chi connectivity index (χ4v) is 2.04. The van der Waals surface area contributed by atoms with Gasteiger partial charge in [-0.3, -0.25) is 9.36 Å². The van der Waals surface area contributed by atoms with Crippen molar-refractivity contribution >= 4 is 18.2 Å². The van der Waals surface area contributed by atoms with Crippen LogP contribution in [0, 0.1) is 13.8 Å². The van der Waals surface area contributed by atoms with Crippen molar-refractivity contribution in [1.29, 1.82) is 0 Å². The summed E-state index contributed by atoms with van der Waals surface area (Å²) in [5.41, 5.74) is 3.48. The summed E-state index contributed by atoms with van der Waals surface area (Å²) in [6.07, 6.45) is 5.23. The zero-order valence-corrected chi connectivity index (χ0v) is 12.8. The van der Waals surface area contributed by atoms with E-state index in [0.29, 0.717) is 0 Å². The van der Waals surface area contributed by atoms with Crippen LogP contribution in [0.1, 0.15) is 30.2 Å². The van der Waals surface area contributed by atoms with E-state index in [0.717, 1.165) is 36.6 Å². The van der Waals surface area contributed by atoms with E-state index in [2.05, 4.69) is 42.5 Å². The first-order chi connectivity index (χ1) is 8.60. The molecule has 0 aromatic carbocycles. The quantitative estimate of drug-likeness (QED) is 0.918. The number of aryl methyl sites for hydroxylation is 4. The van der Waals surface area contributed by atoms with Crippen LogP contribution in [0.3, 0.4) is 0 Å². The van der Waals surface area contributed by atoms with Crippen LogP contribution in [0.5, 0.6) is 0 Å². The normalized spacial score (nSPS) is 10.3. The van der Waals surface area contributed by atoms with E-state index in [1.165, 1.54) is 5.56 Å². The zero-order valence-electron chi connectivity index (χ0n) is 12.0. The van der Waals surface area contributed by atoms with Crippen molar-refractivity contribution in [3.63, 3.8) is 0 Å². The Labute approximate surface area is 120 Å². The Morgan fingerprint density at radius 3 is 2.53 bits per heavy atom. The Balaban J connectivity index is 0.00000180. The Hall–Kier alpha value is -1.49. The number of aromatic nitrogens is 4. The van der Waals surface area contributed by atoms with Crippen molar-refractivity contribution in [2.75, 3.05) is 5.32 Å². The standard InChI is InChI=1S/C13H21N5.ClH/c1-5-6-18-9-12(11(3)15-18)7-14-13-10(2)8-17(4)16-13;/h8-9H,5-7H2,1-4H3,(H,14,16);1H. The molecule has 0 unspecified atom stereocenters. The van der Waals surface area contributed by atoms with E-state index >= 15 is 0 Å². The van der Waals surface area contributed by atoms with Crippen molar-refractivity contribution in [2.24, 2.45) is 7.05 Å². The molecule has 0 radical (unpaired) electrons. The second-order valence-electron chi connectivity index (χ2n) is 4.69. The molecule has 2 rings (SSSR count). The van der Waals surface area contributed by atoms with E-state index < -0.39 is 0 Å². The van der Waals surface area contributed by atoms with Crippen molar-refractivity contribution in [1.82, 2.24) is 19.6 Å². The van der Waals surface area contributed by atoms with Crippen molar-refractivity contribution in [3.05, 3.63) is 29.2 Å². The molecule has 1 N–H and O–H groups in total. The smallest absolute Gasteiger partial charge is 0.151 e. The van der Waals surface area contributed by atoms with Gasteiger partial charge in [0.2, 0.25) is 0 Å². The molecule has 0 aliphatic heterocycles. The van der Waals surface area contributed by atoms with Crippen LogP contribution in [0.15, 0.2) is 12.4 Å². The Kier molecular flexibility index (Phi) is 5.42. The fourth-order valence-electron chi connectivity index (χ4n) is 2.04. The van der Waals surface area contributed by atoms with Gasteiger partial charge in [-0.25, -0.2) is 0 Å². The minimum absolute atomic E-state index is 0. The number of hydrogen-bond donors (Lipinski definition) is 1. The van der Waals surface area contributed by atoms with Crippen molar-refractivity contribution in [2.45, 2.75) is 40.3 Å². The summed E-state index contributed by atoms with van der Waals surface area (Å²) in [4.78, 5) is 0. The average Bonchev–Trinajstić information content (AvgIpc) is 2.80. The molecule has 5 nitrogen and oxygen atoms in total. The summed E-state index contributed by atoms with van der Waals surface area (Å²) in [5, 5.41) is 12.2. The Morgan fingerprint density at radius 2 is 1.95 bits per heavy atom. The molecule has 0 amide bonds. The number of halogens is 1. The predicted molar refractivity (Wildman–Crippen MR) is 79.8 cm³/mol. The van der Waals surface area contributed by atoms with Crippen molar-refractivity contribution < 1.29 is 0 Å². The monoisotopic (exact) mass is 283 g/mol. The molecule has 0 aliphatic carbocycles. The molecule has 0 aliphatic rings. The number of nitrogens with zero attached hydrogens (tertiary/aromatic N) is 4. The van der Waals surface area contributed by atoms with Crippen LogP contribution >= 0.6 is 12.4 Å². The van der Waals surface area contributed by atoms with Gasteiger partial charge in [0.05, 0.1) is 5.69 Å². The largest absolute Gasteiger partial charge is 0.364 e. The van der Waals surface area contributed by atoms with Gasteiger partial charge in [0.15, 0.2) is 5.82 Å². The van der Waals surface area contributed by atoms with E-state index in [4.69, 9.17) is 0 Å². The third-order valence-corrected chi connectivity index (χ3v) is 2.96. The van der Waals surface area contributed by atoms with Gasteiger partial charge in [-0.2, -0.15) is 10.2 Å². The van der Waals surface area contributed by atoms with Gasteiger partial charge in [-0.05, 0) is 20.3 Å². The van der Waals surface area contributed by atoms with E-state index in [-0.39, 0.29) is 12.4 Å². The summed E-state index contributed by atoms with van der Waals surface area (Å²) in [6.45, 7) is 8.01. The first-order valence-electron chi connectivity index (χ1n) is 6.37. The van der Waals surface area contributed by atoms with Crippen molar-refractivity contribution in [3.8, 4) is 0 Å². The minimum atomic E-state index is 0. The highest BCUT2D eigenvalue weighted by Gasteiger charge is 2.07. The predicted octanol–water partition coefficient (Wildman–Crippen LogP) is 2.68. The summed E-state index contributed by atoms with van der Waals surface area (Å²) < 4.78 is 3.84. The second kappa shape index (κ2) is 6.61. The summed E-state index contributed by atoms with van der Waals surface area (Å²) in [7, 11) is 1.93. The van der Waals surface area contributed by atoms with Crippen LogP contribution in [0.25, 0.3) is 0 Å². The lowest BCUT2D eigenvalue weighted by Gasteiger charge is -2.02. The highest BCUT2D eigenvalue weighted by Crippen LogP contribution is 2.13. The summed E-state index contributed by atoms with van der Waals surface area (Å²) in [6, 6.07) is 0. The molecule has 2 aromatic rings. The molecule has 0 spiro atoms. The maximum absolute atomic E-state index is 4.49. The molecule has 106 valence electrons. The molecule has 2 heterocycles. The molecule has 0 bridgehead atoms. The van der Waals surface area contributed by atoms with Crippen LogP contribution in [0.2, 0.25) is 0 Å². The third-order valence-electron chi connectivity index (χ3n) is 2.96. The van der Waals surface area contributed by atoms with Gasteiger partial charge >= 0.3 is 0 Å². The summed E-state index contributed by atoms with van der Waals surface area (Å²) >= 11 is 0. The topological polar surface area (TPSA) is 47.7 Å². The minimum Gasteiger partial charge on any atom is -0.364 e. The van der Waals surface area contributed by atoms with E-state index in [1.807, 2.05) is 22.6 Å².